The summed E-state index contributed by atoms with van der Waals surface area (Å²) in [6.07, 6.45) is 4.62. The molecule has 11 heteroatoms. The molecule has 1 saturated heterocycles. The number of nitrogens with zero attached hydrogens (tertiary/aromatic N) is 3. The Morgan fingerprint density at radius 1 is 1.25 bits per heavy atom. The van der Waals surface area contributed by atoms with E-state index in [1.54, 1.807) is 4.90 Å². The smallest absolute Gasteiger partial charge is 0.404 e. The molecule has 1 aromatic heterocycles. The number of hydrazine groups is 1. The highest BCUT2D eigenvalue weighted by Crippen LogP contribution is 2.30. The van der Waals surface area contributed by atoms with Gasteiger partial charge in [0, 0.05) is 19.6 Å². The Balaban J connectivity index is 1.64. The molecule has 0 unspecified atom stereocenters. The summed E-state index contributed by atoms with van der Waals surface area (Å²) in [5, 5.41) is 11.0. The van der Waals surface area contributed by atoms with Gasteiger partial charge in [-0.3, -0.25) is 15.6 Å². The fourth-order valence-electron chi connectivity index (χ4n) is 3.59. The largest absolute Gasteiger partial charge is 0.465 e. The number of halogens is 2. The van der Waals surface area contributed by atoms with E-state index in [2.05, 4.69) is 26.1 Å². The average Bonchev–Trinajstić information content (AvgIpc) is 3.11. The van der Waals surface area contributed by atoms with E-state index < -0.39 is 23.7 Å². The molecule has 28 heavy (non-hydrogen) atoms. The van der Waals surface area contributed by atoms with Gasteiger partial charge in [0.05, 0.1) is 5.92 Å². The van der Waals surface area contributed by atoms with Crippen molar-refractivity contribution < 1.29 is 19.1 Å². The molecule has 1 atom stereocenters. The molecule has 2 heterocycles. The van der Waals surface area contributed by atoms with E-state index in [4.69, 9.17) is 16.7 Å². The molecule has 2 aliphatic rings. The number of nitrogens with one attached hydrogen (secondary N) is 3. The topological polar surface area (TPSA) is 119 Å². The van der Waals surface area contributed by atoms with E-state index >= 15 is 0 Å². The van der Waals surface area contributed by atoms with Crippen LogP contribution in [0.2, 0.25) is 5.28 Å². The highest BCUT2D eigenvalue weighted by Gasteiger charge is 2.27. The fraction of sp³-hybridized carbons (Fsp3) is 0.647. The van der Waals surface area contributed by atoms with Crippen molar-refractivity contribution in [3.05, 3.63) is 11.1 Å². The van der Waals surface area contributed by atoms with E-state index in [0.717, 1.165) is 32.1 Å². The van der Waals surface area contributed by atoms with Crippen molar-refractivity contribution in [1.29, 1.82) is 0 Å². The molecule has 0 radical (unpaired) electrons. The van der Waals surface area contributed by atoms with Crippen LogP contribution in [0, 0.1) is 17.7 Å². The second-order valence-corrected chi connectivity index (χ2v) is 7.54. The number of hydrogen-bond donors (Lipinski definition) is 4. The third-order valence-corrected chi connectivity index (χ3v) is 5.40. The van der Waals surface area contributed by atoms with Crippen molar-refractivity contribution in [2.75, 3.05) is 30.0 Å². The number of aromatic nitrogens is 2. The maximum atomic E-state index is 14.6. The lowest BCUT2D eigenvalue weighted by atomic mass is 9.92. The van der Waals surface area contributed by atoms with E-state index in [-0.39, 0.29) is 23.5 Å². The highest BCUT2D eigenvalue weighted by molar-refractivity contribution is 6.28. The molecular formula is C17H24ClFN6O3. The van der Waals surface area contributed by atoms with Gasteiger partial charge >= 0.3 is 6.09 Å². The summed E-state index contributed by atoms with van der Waals surface area (Å²) in [5.74, 6) is -1.43. The number of carbonyl (C=O) groups excluding carboxylic acids is 1. The van der Waals surface area contributed by atoms with Gasteiger partial charge in [0.2, 0.25) is 17.0 Å². The number of hydrogen-bond acceptors (Lipinski definition) is 6. The van der Waals surface area contributed by atoms with Gasteiger partial charge < -0.3 is 15.3 Å². The first-order valence-electron chi connectivity index (χ1n) is 9.44. The summed E-state index contributed by atoms with van der Waals surface area (Å²) >= 11 is 5.88. The molecule has 1 aromatic rings. The van der Waals surface area contributed by atoms with E-state index in [1.165, 1.54) is 0 Å². The van der Waals surface area contributed by atoms with Crippen LogP contribution in [0.25, 0.3) is 0 Å². The maximum Gasteiger partial charge on any atom is 0.404 e. The zero-order chi connectivity index (χ0) is 20.1. The van der Waals surface area contributed by atoms with Crippen LogP contribution in [0.4, 0.5) is 20.8 Å². The van der Waals surface area contributed by atoms with Crippen LogP contribution in [-0.4, -0.2) is 46.7 Å². The molecule has 0 spiro atoms. The predicted octanol–water partition coefficient (Wildman–Crippen LogP) is 2.39. The van der Waals surface area contributed by atoms with Crippen LogP contribution in [-0.2, 0) is 4.79 Å². The molecule has 9 nitrogen and oxygen atoms in total. The Bertz CT molecular complexity index is 727. The van der Waals surface area contributed by atoms with Gasteiger partial charge in [0.25, 0.3) is 0 Å². The lowest BCUT2D eigenvalue weighted by Gasteiger charge is -2.32. The van der Waals surface area contributed by atoms with Gasteiger partial charge in [-0.15, -0.1) is 0 Å². The second kappa shape index (κ2) is 9.22. The molecule has 1 aliphatic heterocycles. The van der Waals surface area contributed by atoms with Gasteiger partial charge in [0.1, 0.15) is 0 Å². The molecule has 1 aliphatic carbocycles. The van der Waals surface area contributed by atoms with E-state index in [1.807, 2.05) is 0 Å². The molecule has 1 saturated carbocycles. The Morgan fingerprint density at radius 3 is 2.57 bits per heavy atom. The Kier molecular flexibility index (Phi) is 6.71. The van der Waals surface area contributed by atoms with Crippen LogP contribution < -0.4 is 21.1 Å². The van der Waals surface area contributed by atoms with Crippen molar-refractivity contribution >= 4 is 35.2 Å². The summed E-state index contributed by atoms with van der Waals surface area (Å²) in [6, 6.07) is 0. The number of carbonyl (C=O) groups is 2. The minimum absolute atomic E-state index is 0.00855. The van der Waals surface area contributed by atoms with Crippen molar-refractivity contribution in [3.63, 3.8) is 0 Å². The van der Waals surface area contributed by atoms with E-state index in [9.17, 15) is 14.0 Å². The Labute approximate surface area is 167 Å². The lowest BCUT2D eigenvalue weighted by Crippen LogP contribution is -2.42. The maximum absolute atomic E-state index is 14.6. The lowest BCUT2D eigenvalue weighted by molar-refractivity contribution is -0.124. The zero-order valence-electron chi connectivity index (χ0n) is 15.4. The summed E-state index contributed by atoms with van der Waals surface area (Å²) in [7, 11) is 0. The van der Waals surface area contributed by atoms with Crippen molar-refractivity contribution in [2.24, 2.45) is 11.8 Å². The molecule has 4 N–H and O–H groups in total. The fourth-order valence-corrected chi connectivity index (χ4v) is 3.76. The Hall–Kier alpha value is -2.36. The van der Waals surface area contributed by atoms with Crippen molar-refractivity contribution in [1.82, 2.24) is 20.7 Å². The standard InChI is InChI=1S/C17H24ClFN6O3/c18-16-21-13(12(19)14(22-16)25-6-3-7-25)23-24-15(26)11(9-20-17(27)28)8-10-4-1-2-5-10/h10-11,20H,1-9H2,(H,24,26)(H,27,28)(H,21,22,23)/t11-/m1/s1. The SMILES string of the molecule is O=C(O)NC[C@@H](CC1CCCC1)C(=O)NNc1nc(Cl)nc(N2CCC2)c1F. The summed E-state index contributed by atoms with van der Waals surface area (Å²) in [6.45, 7) is 1.35. The number of anilines is 2. The van der Waals surface area contributed by atoms with Crippen LogP contribution >= 0.6 is 11.6 Å². The van der Waals surface area contributed by atoms with Crippen LogP contribution in [0.3, 0.4) is 0 Å². The Morgan fingerprint density at radius 2 is 1.96 bits per heavy atom. The molecule has 154 valence electrons. The molecule has 2 fully saturated rings. The first-order chi connectivity index (χ1) is 13.4. The monoisotopic (exact) mass is 414 g/mol. The van der Waals surface area contributed by atoms with Gasteiger partial charge in [-0.25, -0.2) is 4.79 Å². The predicted molar refractivity (Wildman–Crippen MR) is 102 cm³/mol. The molecule has 0 aromatic carbocycles. The average molecular weight is 415 g/mol. The minimum atomic E-state index is -1.19. The van der Waals surface area contributed by atoms with Gasteiger partial charge in [-0.2, -0.15) is 14.4 Å². The van der Waals surface area contributed by atoms with Gasteiger partial charge in [-0.1, -0.05) is 25.7 Å². The summed E-state index contributed by atoms with van der Waals surface area (Å²) in [5.41, 5.74) is 4.92. The van der Waals surface area contributed by atoms with Gasteiger partial charge in [-0.05, 0) is 30.4 Å². The van der Waals surface area contributed by atoms with Crippen LogP contribution in [0.5, 0.6) is 0 Å². The molecule has 3 rings (SSSR count). The number of amides is 2. The third-order valence-electron chi connectivity index (χ3n) is 5.23. The highest BCUT2D eigenvalue weighted by atomic mass is 35.5. The minimum Gasteiger partial charge on any atom is -0.465 e. The first kappa shape index (κ1) is 20.4. The number of carboxylic acid groups (broad SMARTS) is 1. The van der Waals surface area contributed by atoms with Crippen LogP contribution in [0.1, 0.15) is 38.5 Å². The third kappa shape index (κ3) is 5.12. The normalized spacial score (nSPS) is 17.7. The molecule has 0 bridgehead atoms. The first-order valence-corrected chi connectivity index (χ1v) is 9.82. The number of rotatable bonds is 8. The van der Waals surface area contributed by atoms with E-state index in [0.29, 0.717) is 25.4 Å². The summed E-state index contributed by atoms with van der Waals surface area (Å²) in [4.78, 5) is 32.8. The second-order valence-electron chi connectivity index (χ2n) is 7.20. The van der Waals surface area contributed by atoms with Crippen molar-refractivity contribution in [2.45, 2.75) is 38.5 Å². The van der Waals surface area contributed by atoms with Gasteiger partial charge in [0.15, 0.2) is 11.6 Å². The quantitative estimate of drug-likeness (QED) is 0.381. The van der Waals surface area contributed by atoms with Crippen LogP contribution in [0.15, 0.2) is 0 Å². The zero-order valence-corrected chi connectivity index (χ0v) is 16.1. The van der Waals surface area contributed by atoms with Crippen molar-refractivity contribution in [3.8, 4) is 0 Å². The molecular weight excluding hydrogens is 391 g/mol. The summed E-state index contributed by atoms with van der Waals surface area (Å²) < 4.78 is 14.6. The molecule has 2 amide bonds.